The van der Waals surface area contributed by atoms with Gasteiger partial charge in [0.15, 0.2) is 0 Å². The molecule has 5 heteroatoms. The lowest BCUT2D eigenvalue weighted by Gasteiger charge is -2.12. The quantitative estimate of drug-likeness (QED) is 0.802. The molecule has 4 nitrogen and oxygen atoms in total. The lowest BCUT2D eigenvalue weighted by atomic mass is 10.3. The molecule has 0 aliphatic carbocycles. The molecule has 1 rings (SSSR count). The standard InChI is InChI=1S/C11H16ClNO3/c1-15-7-9(14)6-13-8-3-4-11(16-2)10(12)5-8/h3-5,9,13-14H,6-7H2,1-2H3. The lowest BCUT2D eigenvalue weighted by molar-refractivity contribution is 0.0727. The molecule has 0 saturated carbocycles. The molecule has 0 saturated heterocycles. The number of benzene rings is 1. The monoisotopic (exact) mass is 245 g/mol. The van der Waals surface area contributed by atoms with Gasteiger partial charge in [0.05, 0.1) is 24.8 Å². The summed E-state index contributed by atoms with van der Waals surface area (Å²) in [7, 11) is 3.12. The third kappa shape index (κ3) is 3.89. The van der Waals surface area contributed by atoms with E-state index in [9.17, 15) is 5.11 Å². The maximum atomic E-state index is 9.44. The lowest BCUT2D eigenvalue weighted by Crippen LogP contribution is -2.24. The van der Waals surface area contributed by atoms with E-state index in [2.05, 4.69) is 5.32 Å². The molecule has 1 atom stereocenters. The van der Waals surface area contributed by atoms with E-state index >= 15 is 0 Å². The second-order valence-corrected chi connectivity index (χ2v) is 3.75. The molecule has 1 aromatic rings. The predicted octanol–water partition coefficient (Wildman–Crippen LogP) is 1.77. The van der Waals surface area contributed by atoms with Crippen LogP contribution in [0.3, 0.4) is 0 Å². The molecule has 0 spiro atoms. The molecule has 0 aliphatic heterocycles. The number of anilines is 1. The molecule has 0 amide bonds. The smallest absolute Gasteiger partial charge is 0.137 e. The van der Waals surface area contributed by atoms with E-state index < -0.39 is 6.10 Å². The number of aliphatic hydroxyl groups excluding tert-OH is 1. The van der Waals surface area contributed by atoms with Crippen LogP contribution in [0.25, 0.3) is 0 Å². The van der Waals surface area contributed by atoms with Crippen molar-refractivity contribution in [1.29, 1.82) is 0 Å². The third-order valence-corrected chi connectivity index (χ3v) is 2.35. The first-order valence-electron chi connectivity index (χ1n) is 4.91. The summed E-state index contributed by atoms with van der Waals surface area (Å²) < 4.78 is 9.85. The SMILES string of the molecule is COCC(O)CNc1ccc(OC)c(Cl)c1. The molecule has 1 unspecified atom stereocenters. The Hall–Kier alpha value is -0.970. The Kier molecular flexibility index (Phi) is 5.38. The average molecular weight is 246 g/mol. The first-order chi connectivity index (χ1) is 7.67. The molecule has 0 aliphatic rings. The number of nitrogens with one attached hydrogen (secondary N) is 1. The number of rotatable bonds is 6. The molecule has 1 aromatic carbocycles. The summed E-state index contributed by atoms with van der Waals surface area (Å²) in [6.07, 6.45) is -0.536. The van der Waals surface area contributed by atoms with Gasteiger partial charge in [-0.3, -0.25) is 0 Å². The van der Waals surface area contributed by atoms with Crippen LogP contribution in [0.1, 0.15) is 0 Å². The first kappa shape index (κ1) is 13.1. The highest BCUT2D eigenvalue weighted by Gasteiger charge is 2.05. The van der Waals surface area contributed by atoms with E-state index in [0.717, 1.165) is 5.69 Å². The summed E-state index contributed by atoms with van der Waals surface area (Å²) >= 11 is 5.95. The van der Waals surface area contributed by atoms with Crippen molar-refractivity contribution >= 4 is 17.3 Å². The fraction of sp³-hybridized carbons (Fsp3) is 0.455. The summed E-state index contributed by atoms with van der Waals surface area (Å²) in [6.45, 7) is 0.716. The van der Waals surface area contributed by atoms with Gasteiger partial charge in [-0.25, -0.2) is 0 Å². The van der Waals surface area contributed by atoms with Gasteiger partial charge in [-0.2, -0.15) is 0 Å². The van der Waals surface area contributed by atoms with Gasteiger partial charge in [0.25, 0.3) is 0 Å². The molecule has 16 heavy (non-hydrogen) atoms. The average Bonchev–Trinajstić information content (AvgIpc) is 2.27. The van der Waals surface area contributed by atoms with Crippen LogP contribution in [-0.2, 0) is 4.74 Å². The van der Waals surface area contributed by atoms with E-state index in [1.807, 2.05) is 6.07 Å². The summed E-state index contributed by atoms with van der Waals surface area (Å²) in [5.74, 6) is 0.629. The number of methoxy groups -OCH3 is 2. The van der Waals surface area contributed by atoms with E-state index in [4.69, 9.17) is 21.1 Å². The highest BCUT2D eigenvalue weighted by Crippen LogP contribution is 2.27. The second kappa shape index (κ2) is 6.58. The van der Waals surface area contributed by atoms with Gasteiger partial charge in [0.2, 0.25) is 0 Å². The summed E-state index contributed by atoms with van der Waals surface area (Å²) in [5, 5.41) is 13.0. The highest BCUT2D eigenvalue weighted by atomic mass is 35.5. The van der Waals surface area contributed by atoms with Crippen LogP contribution in [0.4, 0.5) is 5.69 Å². The first-order valence-corrected chi connectivity index (χ1v) is 5.29. The van der Waals surface area contributed by atoms with Gasteiger partial charge in [-0.05, 0) is 18.2 Å². The number of aliphatic hydroxyl groups is 1. The van der Waals surface area contributed by atoms with Crippen molar-refractivity contribution in [3.8, 4) is 5.75 Å². The number of ether oxygens (including phenoxy) is 2. The van der Waals surface area contributed by atoms with Crippen LogP contribution in [0.15, 0.2) is 18.2 Å². The Labute approximate surface area is 100 Å². The second-order valence-electron chi connectivity index (χ2n) is 3.34. The van der Waals surface area contributed by atoms with Crippen molar-refractivity contribution in [2.75, 3.05) is 32.7 Å². The van der Waals surface area contributed by atoms with Crippen LogP contribution in [0.5, 0.6) is 5.75 Å². The van der Waals surface area contributed by atoms with E-state index in [1.54, 1.807) is 26.4 Å². The van der Waals surface area contributed by atoms with Crippen LogP contribution < -0.4 is 10.1 Å². The Morgan fingerprint density at radius 1 is 1.44 bits per heavy atom. The zero-order chi connectivity index (χ0) is 12.0. The predicted molar refractivity (Wildman–Crippen MR) is 64.4 cm³/mol. The zero-order valence-corrected chi connectivity index (χ0v) is 10.1. The number of hydrogen-bond acceptors (Lipinski definition) is 4. The van der Waals surface area contributed by atoms with Crippen LogP contribution in [-0.4, -0.2) is 38.6 Å². The zero-order valence-electron chi connectivity index (χ0n) is 9.37. The van der Waals surface area contributed by atoms with E-state index in [-0.39, 0.29) is 0 Å². The van der Waals surface area contributed by atoms with Gasteiger partial charge in [-0.1, -0.05) is 11.6 Å². The van der Waals surface area contributed by atoms with Gasteiger partial charge in [0, 0.05) is 19.3 Å². The molecular formula is C11H16ClNO3. The summed E-state index contributed by atoms with van der Waals surface area (Å²) in [6, 6.07) is 5.36. The molecule has 0 heterocycles. The largest absolute Gasteiger partial charge is 0.495 e. The van der Waals surface area contributed by atoms with Gasteiger partial charge < -0.3 is 19.9 Å². The molecular weight excluding hydrogens is 230 g/mol. The van der Waals surface area contributed by atoms with Crippen LogP contribution in [0.2, 0.25) is 5.02 Å². The van der Waals surface area contributed by atoms with Crippen molar-refractivity contribution in [2.24, 2.45) is 0 Å². The van der Waals surface area contributed by atoms with Crippen LogP contribution >= 0.6 is 11.6 Å². The molecule has 0 aromatic heterocycles. The maximum Gasteiger partial charge on any atom is 0.137 e. The van der Waals surface area contributed by atoms with Crippen molar-refractivity contribution in [2.45, 2.75) is 6.10 Å². The minimum absolute atomic E-state index is 0.302. The minimum Gasteiger partial charge on any atom is -0.495 e. The normalized spacial score (nSPS) is 12.2. The van der Waals surface area contributed by atoms with Gasteiger partial charge in [-0.15, -0.1) is 0 Å². The fourth-order valence-corrected chi connectivity index (χ4v) is 1.52. The fourth-order valence-electron chi connectivity index (χ4n) is 1.26. The van der Waals surface area contributed by atoms with Gasteiger partial charge in [0.1, 0.15) is 5.75 Å². The summed E-state index contributed by atoms with van der Waals surface area (Å²) in [5.41, 5.74) is 0.834. The topological polar surface area (TPSA) is 50.7 Å². The van der Waals surface area contributed by atoms with Crippen molar-refractivity contribution in [3.63, 3.8) is 0 Å². The Bertz CT molecular complexity index is 333. The molecule has 0 bridgehead atoms. The molecule has 90 valence electrons. The Balaban J connectivity index is 2.51. The number of halogens is 1. The van der Waals surface area contributed by atoms with E-state index in [0.29, 0.717) is 23.9 Å². The Morgan fingerprint density at radius 2 is 2.19 bits per heavy atom. The highest BCUT2D eigenvalue weighted by molar-refractivity contribution is 6.32. The summed E-state index contributed by atoms with van der Waals surface area (Å²) in [4.78, 5) is 0. The van der Waals surface area contributed by atoms with Crippen molar-refractivity contribution < 1.29 is 14.6 Å². The van der Waals surface area contributed by atoms with E-state index in [1.165, 1.54) is 0 Å². The molecule has 0 radical (unpaired) electrons. The number of hydrogen-bond donors (Lipinski definition) is 2. The van der Waals surface area contributed by atoms with Crippen LogP contribution in [0, 0.1) is 0 Å². The van der Waals surface area contributed by atoms with Crippen molar-refractivity contribution in [1.82, 2.24) is 0 Å². The van der Waals surface area contributed by atoms with Gasteiger partial charge >= 0.3 is 0 Å². The maximum absolute atomic E-state index is 9.44. The third-order valence-electron chi connectivity index (χ3n) is 2.05. The minimum atomic E-state index is -0.536. The Morgan fingerprint density at radius 3 is 2.75 bits per heavy atom. The van der Waals surface area contributed by atoms with Crippen molar-refractivity contribution in [3.05, 3.63) is 23.2 Å². The molecule has 2 N–H and O–H groups in total. The molecule has 0 fully saturated rings.